The molecule has 0 unspecified atom stereocenters. The maximum absolute atomic E-state index is 12.9. The van der Waals surface area contributed by atoms with Crippen molar-refractivity contribution in [2.75, 3.05) is 4.90 Å². The molecule has 0 atom stereocenters. The van der Waals surface area contributed by atoms with Crippen molar-refractivity contribution >= 4 is 29.6 Å². The van der Waals surface area contributed by atoms with Gasteiger partial charge in [0.1, 0.15) is 11.3 Å². The molecule has 1 saturated heterocycles. The molecule has 4 amide bonds. The Balaban J connectivity index is 2.01. The number of barbiturate groups is 1. The monoisotopic (exact) mass is 364 g/mol. The van der Waals surface area contributed by atoms with Crippen molar-refractivity contribution in [1.29, 1.82) is 0 Å². The smallest absolute Gasteiger partial charge is 0.335 e. The molecule has 1 aliphatic rings. The predicted molar refractivity (Wildman–Crippen MR) is 102 cm³/mol. The zero-order valence-corrected chi connectivity index (χ0v) is 15.4. The lowest BCUT2D eigenvalue weighted by Gasteiger charge is -2.26. The molecule has 0 spiro atoms. The second kappa shape index (κ2) is 7.45. The Labute approximate surface area is 157 Å². The molecule has 1 fully saturated rings. The average molecular weight is 364 g/mol. The van der Waals surface area contributed by atoms with Crippen molar-refractivity contribution in [3.05, 3.63) is 65.2 Å². The summed E-state index contributed by atoms with van der Waals surface area (Å²) in [7, 11) is 0. The highest BCUT2D eigenvalue weighted by Crippen LogP contribution is 2.26. The fourth-order valence-electron chi connectivity index (χ4n) is 2.70. The number of imide groups is 2. The molecule has 0 bridgehead atoms. The first-order valence-corrected chi connectivity index (χ1v) is 8.60. The molecule has 6 heteroatoms. The maximum Gasteiger partial charge on any atom is 0.335 e. The summed E-state index contributed by atoms with van der Waals surface area (Å²) in [6, 6.07) is 13.3. The summed E-state index contributed by atoms with van der Waals surface area (Å²) in [5, 5.41) is 2.22. The van der Waals surface area contributed by atoms with E-state index in [-0.39, 0.29) is 11.7 Å². The average Bonchev–Trinajstić information content (AvgIpc) is 2.61. The number of anilines is 1. The van der Waals surface area contributed by atoms with Crippen LogP contribution in [0.2, 0.25) is 0 Å². The Morgan fingerprint density at radius 1 is 1.00 bits per heavy atom. The van der Waals surface area contributed by atoms with Crippen LogP contribution in [-0.2, 0) is 9.59 Å². The highest BCUT2D eigenvalue weighted by molar-refractivity contribution is 6.39. The molecule has 3 rings (SSSR count). The molecule has 2 aromatic carbocycles. The van der Waals surface area contributed by atoms with Crippen molar-refractivity contribution in [2.24, 2.45) is 0 Å². The molecule has 0 aliphatic carbocycles. The number of hydrogen-bond acceptors (Lipinski definition) is 4. The zero-order valence-electron chi connectivity index (χ0n) is 15.4. The van der Waals surface area contributed by atoms with Crippen molar-refractivity contribution in [3.63, 3.8) is 0 Å². The van der Waals surface area contributed by atoms with E-state index in [9.17, 15) is 14.4 Å². The van der Waals surface area contributed by atoms with Crippen molar-refractivity contribution in [2.45, 2.75) is 26.9 Å². The van der Waals surface area contributed by atoms with E-state index in [4.69, 9.17) is 4.74 Å². The molecule has 2 aromatic rings. The Kier molecular flexibility index (Phi) is 5.07. The molecule has 0 radical (unpaired) electrons. The highest BCUT2D eigenvalue weighted by Gasteiger charge is 2.36. The Morgan fingerprint density at radius 2 is 1.67 bits per heavy atom. The van der Waals surface area contributed by atoms with Crippen LogP contribution in [0.25, 0.3) is 6.08 Å². The van der Waals surface area contributed by atoms with Gasteiger partial charge in [0, 0.05) is 5.56 Å². The number of benzene rings is 2. The van der Waals surface area contributed by atoms with Crippen molar-refractivity contribution < 1.29 is 19.1 Å². The van der Waals surface area contributed by atoms with Crippen LogP contribution >= 0.6 is 0 Å². The SMILES string of the molecule is Cc1ccc(N2C(=O)NC(=O)/C(=C\c3ccccc3OC(C)C)C2=O)cc1. The van der Waals surface area contributed by atoms with Crippen LogP contribution in [-0.4, -0.2) is 23.9 Å². The normalized spacial score (nSPS) is 16.1. The van der Waals surface area contributed by atoms with Crippen molar-refractivity contribution in [3.8, 4) is 5.75 Å². The maximum atomic E-state index is 12.9. The summed E-state index contributed by atoms with van der Waals surface area (Å²) < 4.78 is 5.73. The van der Waals surface area contributed by atoms with Gasteiger partial charge in [0.2, 0.25) is 0 Å². The number of ether oxygens (including phenoxy) is 1. The van der Waals surface area contributed by atoms with Gasteiger partial charge < -0.3 is 4.74 Å². The Bertz CT molecular complexity index is 929. The fourth-order valence-corrected chi connectivity index (χ4v) is 2.70. The van der Waals surface area contributed by atoms with Gasteiger partial charge in [-0.1, -0.05) is 35.9 Å². The van der Waals surface area contributed by atoms with Gasteiger partial charge in [-0.15, -0.1) is 0 Å². The number of urea groups is 1. The third-order valence-electron chi connectivity index (χ3n) is 3.98. The summed E-state index contributed by atoms with van der Waals surface area (Å²) in [6.45, 7) is 5.68. The molecule has 1 heterocycles. The second-order valence-corrected chi connectivity index (χ2v) is 6.50. The first kappa shape index (κ1) is 18.4. The van der Waals surface area contributed by atoms with Crippen LogP contribution in [0.4, 0.5) is 10.5 Å². The van der Waals surface area contributed by atoms with E-state index in [0.717, 1.165) is 10.5 Å². The van der Waals surface area contributed by atoms with Crippen molar-refractivity contribution in [1.82, 2.24) is 5.32 Å². The third kappa shape index (κ3) is 3.89. The van der Waals surface area contributed by atoms with Gasteiger partial charge in [-0.3, -0.25) is 14.9 Å². The predicted octanol–water partition coefficient (Wildman–Crippen LogP) is 3.45. The molecule has 138 valence electrons. The summed E-state index contributed by atoms with van der Waals surface area (Å²) in [5.74, 6) is -0.848. The molecule has 6 nitrogen and oxygen atoms in total. The molecule has 1 N–H and O–H groups in total. The molecule has 1 aliphatic heterocycles. The van der Waals surface area contributed by atoms with Gasteiger partial charge in [0.25, 0.3) is 11.8 Å². The zero-order chi connectivity index (χ0) is 19.6. The molecule has 0 saturated carbocycles. The number of nitrogens with one attached hydrogen (secondary N) is 1. The molecular formula is C21H20N2O4. The molecule has 0 aromatic heterocycles. The molecular weight excluding hydrogens is 344 g/mol. The van der Waals surface area contributed by atoms with E-state index in [1.807, 2.05) is 26.8 Å². The Morgan fingerprint density at radius 3 is 2.33 bits per heavy atom. The number of rotatable bonds is 4. The summed E-state index contributed by atoms with van der Waals surface area (Å²) >= 11 is 0. The van der Waals surface area contributed by atoms with Gasteiger partial charge in [0.15, 0.2) is 0 Å². The minimum absolute atomic E-state index is 0.0638. The largest absolute Gasteiger partial charge is 0.490 e. The van der Waals surface area contributed by atoms with Crippen LogP contribution in [0.15, 0.2) is 54.1 Å². The summed E-state index contributed by atoms with van der Waals surface area (Å²) in [6.07, 6.45) is 1.38. The summed E-state index contributed by atoms with van der Waals surface area (Å²) in [5.41, 5.74) is 1.85. The topological polar surface area (TPSA) is 75.7 Å². The number of amides is 4. The first-order valence-electron chi connectivity index (χ1n) is 8.60. The summed E-state index contributed by atoms with van der Waals surface area (Å²) in [4.78, 5) is 38.4. The van der Waals surface area contributed by atoms with Crippen LogP contribution < -0.4 is 15.0 Å². The van der Waals surface area contributed by atoms with Gasteiger partial charge in [0.05, 0.1) is 11.8 Å². The molecule has 27 heavy (non-hydrogen) atoms. The van der Waals surface area contributed by atoms with E-state index in [2.05, 4.69) is 5.32 Å². The fraction of sp³-hybridized carbons (Fsp3) is 0.190. The van der Waals surface area contributed by atoms with E-state index < -0.39 is 17.8 Å². The number of carbonyl (C=O) groups is 3. The number of carbonyl (C=O) groups excluding carboxylic acids is 3. The van der Waals surface area contributed by atoms with Crippen LogP contribution in [0.5, 0.6) is 5.75 Å². The lowest BCUT2D eigenvalue weighted by atomic mass is 10.1. The van der Waals surface area contributed by atoms with E-state index in [1.165, 1.54) is 6.08 Å². The van der Waals surface area contributed by atoms with Crippen LogP contribution in [0.1, 0.15) is 25.0 Å². The van der Waals surface area contributed by atoms with Gasteiger partial charge >= 0.3 is 6.03 Å². The minimum Gasteiger partial charge on any atom is -0.490 e. The van der Waals surface area contributed by atoms with E-state index in [0.29, 0.717) is 17.0 Å². The van der Waals surface area contributed by atoms with Gasteiger partial charge in [-0.2, -0.15) is 0 Å². The number of nitrogens with zero attached hydrogens (tertiary/aromatic N) is 1. The number of aryl methyl sites for hydroxylation is 1. The van der Waals surface area contributed by atoms with Crippen LogP contribution in [0.3, 0.4) is 0 Å². The lowest BCUT2D eigenvalue weighted by molar-refractivity contribution is -0.122. The number of para-hydroxylation sites is 1. The number of hydrogen-bond donors (Lipinski definition) is 1. The standard InChI is InChI=1S/C21H20N2O4/c1-13(2)27-18-7-5-4-6-15(18)12-17-19(24)22-21(26)23(20(17)25)16-10-8-14(3)9-11-16/h4-13H,1-3H3,(H,22,24,26)/b17-12+. The highest BCUT2D eigenvalue weighted by atomic mass is 16.5. The van der Waals surface area contributed by atoms with Crippen LogP contribution in [0, 0.1) is 6.92 Å². The lowest BCUT2D eigenvalue weighted by Crippen LogP contribution is -2.54. The minimum atomic E-state index is -0.766. The van der Waals surface area contributed by atoms with E-state index >= 15 is 0 Å². The van der Waals surface area contributed by atoms with Gasteiger partial charge in [-0.05, 0) is 45.0 Å². The van der Waals surface area contributed by atoms with Gasteiger partial charge in [-0.25, -0.2) is 9.69 Å². The third-order valence-corrected chi connectivity index (χ3v) is 3.98. The first-order chi connectivity index (χ1) is 12.9. The quantitative estimate of drug-likeness (QED) is 0.666. The second-order valence-electron chi connectivity index (χ2n) is 6.50. The van der Waals surface area contributed by atoms with E-state index in [1.54, 1.807) is 42.5 Å². The Hall–Kier alpha value is -3.41.